The highest BCUT2D eigenvalue weighted by molar-refractivity contribution is 5.71. The van der Waals surface area contributed by atoms with Crippen molar-refractivity contribution >= 4 is 11.2 Å². The number of hydrogen-bond acceptors (Lipinski definition) is 4. The SMILES string of the molecule is CCN1CCC(Cc2nc3cccnc3n2C2CCCCO2)C1. The molecule has 0 spiro atoms. The molecule has 0 saturated carbocycles. The Kier molecular flexibility index (Phi) is 4.31. The van der Waals surface area contributed by atoms with E-state index in [0.29, 0.717) is 5.92 Å². The second-order valence-corrected chi connectivity index (χ2v) is 6.82. The highest BCUT2D eigenvalue weighted by atomic mass is 16.5. The van der Waals surface area contributed by atoms with Crippen LogP contribution in [0.2, 0.25) is 0 Å². The van der Waals surface area contributed by atoms with E-state index < -0.39 is 0 Å². The van der Waals surface area contributed by atoms with Crippen molar-refractivity contribution in [1.82, 2.24) is 19.4 Å². The number of fused-ring (bicyclic) bond motifs is 1. The smallest absolute Gasteiger partial charge is 0.162 e. The lowest BCUT2D eigenvalue weighted by Gasteiger charge is -2.26. The molecule has 2 atom stereocenters. The number of likely N-dealkylation sites (tertiary alicyclic amines) is 1. The minimum absolute atomic E-state index is 0.113. The molecular weight excluding hydrogens is 288 g/mol. The van der Waals surface area contributed by atoms with Crippen LogP contribution in [0.3, 0.4) is 0 Å². The summed E-state index contributed by atoms with van der Waals surface area (Å²) < 4.78 is 8.33. The van der Waals surface area contributed by atoms with E-state index in [-0.39, 0.29) is 6.23 Å². The molecule has 5 heteroatoms. The Morgan fingerprint density at radius 3 is 3.04 bits per heavy atom. The van der Waals surface area contributed by atoms with E-state index >= 15 is 0 Å². The molecule has 0 amide bonds. The zero-order chi connectivity index (χ0) is 15.6. The van der Waals surface area contributed by atoms with Crippen LogP contribution in [0, 0.1) is 5.92 Å². The molecule has 2 aliphatic heterocycles. The van der Waals surface area contributed by atoms with Crippen LogP contribution in [0.25, 0.3) is 11.2 Å². The largest absolute Gasteiger partial charge is 0.358 e. The molecule has 23 heavy (non-hydrogen) atoms. The summed E-state index contributed by atoms with van der Waals surface area (Å²) in [6.07, 6.45) is 7.75. The minimum atomic E-state index is 0.113. The van der Waals surface area contributed by atoms with Crippen molar-refractivity contribution < 1.29 is 4.74 Å². The third-order valence-electron chi connectivity index (χ3n) is 5.25. The zero-order valence-corrected chi connectivity index (χ0v) is 13.9. The Morgan fingerprint density at radius 1 is 1.30 bits per heavy atom. The van der Waals surface area contributed by atoms with Gasteiger partial charge in [0.2, 0.25) is 0 Å². The molecular formula is C18H26N4O. The van der Waals surface area contributed by atoms with Crippen LogP contribution in [0.4, 0.5) is 0 Å². The highest BCUT2D eigenvalue weighted by Gasteiger charge is 2.27. The maximum atomic E-state index is 6.05. The molecule has 2 unspecified atom stereocenters. The van der Waals surface area contributed by atoms with Gasteiger partial charge in [-0.25, -0.2) is 9.97 Å². The molecule has 0 radical (unpaired) electrons. The summed E-state index contributed by atoms with van der Waals surface area (Å²) in [5, 5.41) is 0. The zero-order valence-electron chi connectivity index (χ0n) is 13.9. The van der Waals surface area contributed by atoms with Crippen molar-refractivity contribution in [2.24, 2.45) is 5.92 Å². The van der Waals surface area contributed by atoms with Crippen molar-refractivity contribution in [3.63, 3.8) is 0 Å². The Bertz CT molecular complexity index is 662. The molecule has 4 heterocycles. The lowest BCUT2D eigenvalue weighted by Crippen LogP contribution is -2.23. The number of pyridine rings is 1. The lowest BCUT2D eigenvalue weighted by atomic mass is 10.0. The van der Waals surface area contributed by atoms with Gasteiger partial charge in [0.05, 0.1) is 0 Å². The van der Waals surface area contributed by atoms with Crippen molar-refractivity contribution in [1.29, 1.82) is 0 Å². The van der Waals surface area contributed by atoms with Crippen LogP contribution in [0.1, 0.15) is 44.7 Å². The molecule has 0 N–H and O–H groups in total. The summed E-state index contributed by atoms with van der Waals surface area (Å²) in [5.41, 5.74) is 1.99. The summed E-state index contributed by atoms with van der Waals surface area (Å²) in [7, 11) is 0. The summed E-state index contributed by atoms with van der Waals surface area (Å²) in [6, 6.07) is 4.04. The molecule has 0 bridgehead atoms. The number of hydrogen-bond donors (Lipinski definition) is 0. The Morgan fingerprint density at radius 2 is 2.26 bits per heavy atom. The van der Waals surface area contributed by atoms with Gasteiger partial charge in [-0.05, 0) is 56.8 Å². The average molecular weight is 314 g/mol. The number of nitrogens with zero attached hydrogens (tertiary/aromatic N) is 4. The van der Waals surface area contributed by atoms with Gasteiger partial charge in [0, 0.05) is 25.8 Å². The van der Waals surface area contributed by atoms with Crippen molar-refractivity contribution in [3.8, 4) is 0 Å². The van der Waals surface area contributed by atoms with Crippen LogP contribution >= 0.6 is 0 Å². The van der Waals surface area contributed by atoms with Gasteiger partial charge >= 0.3 is 0 Å². The maximum Gasteiger partial charge on any atom is 0.162 e. The van der Waals surface area contributed by atoms with E-state index in [1.807, 2.05) is 12.3 Å². The fourth-order valence-corrected chi connectivity index (χ4v) is 3.98. The molecule has 2 aromatic rings. The maximum absolute atomic E-state index is 6.05. The van der Waals surface area contributed by atoms with Gasteiger partial charge < -0.3 is 9.64 Å². The molecule has 2 saturated heterocycles. The van der Waals surface area contributed by atoms with Crippen LogP contribution in [0.5, 0.6) is 0 Å². The van der Waals surface area contributed by atoms with Gasteiger partial charge in [-0.15, -0.1) is 0 Å². The summed E-state index contributed by atoms with van der Waals surface area (Å²) in [5.74, 6) is 1.86. The Balaban J connectivity index is 1.65. The van der Waals surface area contributed by atoms with E-state index in [9.17, 15) is 0 Å². The minimum Gasteiger partial charge on any atom is -0.358 e. The van der Waals surface area contributed by atoms with Crippen LogP contribution in [0.15, 0.2) is 18.3 Å². The summed E-state index contributed by atoms with van der Waals surface area (Å²) in [4.78, 5) is 12.0. The predicted octanol–water partition coefficient (Wildman–Crippen LogP) is 3.01. The van der Waals surface area contributed by atoms with E-state index in [1.54, 1.807) is 0 Å². The number of aromatic nitrogens is 3. The molecule has 0 aliphatic carbocycles. The van der Waals surface area contributed by atoms with Crippen molar-refractivity contribution in [2.75, 3.05) is 26.2 Å². The van der Waals surface area contributed by atoms with Crippen LogP contribution < -0.4 is 0 Å². The normalized spacial score (nSPS) is 26.1. The van der Waals surface area contributed by atoms with Gasteiger partial charge in [-0.3, -0.25) is 4.57 Å². The molecule has 124 valence electrons. The molecule has 5 nitrogen and oxygen atoms in total. The molecule has 2 aliphatic rings. The van der Waals surface area contributed by atoms with E-state index in [0.717, 1.165) is 43.0 Å². The van der Waals surface area contributed by atoms with E-state index in [2.05, 4.69) is 27.4 Å². The van der Waals surface area contributed by atoms with Crippen LogP contribution in [-0.2, 0) is 11.2 Å². The first kappa shape index (κ1) is 15.1. The highest BCUT2D eigenvalue weighted by Crippen LogP contribution is 2.30. The first-order valence-electron chi connectivity index (χ1n) is 9.01. The van der Waals surface area contributed by atoms with Crippen molar-refractivity contribution in [2.45, 2.75) is 45.3 Å². The van der Waals surface area contributed by atoms with Gasteiger partial charge in [-0.2, -0.15) is 0 Å². The molecule has 2 aromatic heterocycles. The summed E-state index contributed by atoms with van der Waals surface area (Å²) >= 11 is 0. The van der Waals surface area contributed by atoms with E-state index in [4.69, 9.17) is 9.72 Å². The third kappa shape index (κ3) is 3.00. The lowest BCUT2D eigenvalue weighted by molar-refractivity contribution is -0.0315. The van der Waals surface area contributed by atoms with Gasteiger partial charge in [0.1, 0.15) is 17.6 Å². The third-order valence-corrected chi connectivity index (χ3v) is 5.25. The van der Waals surface area contributed by atoms with Gasteiger partial charge in [-0.1, -0.05) is 6.92 Å². The second-order valence-electron chi connectivity index (χ2n) is 6.82. The first-order valence-corrected chi connectivity index (χ1v) is 9.01. The first-order chi connectivity index (χ1) is 11.3. The number of imidazole rings is 1. The topological polar surface area (TPSA) is 43.2 Å². The molecule has 4 rings (SSSR count). The number of ether oxygens (including phenoxy) is 1. The predicted molar refractivity (Wildman–Crippen MR) is 90.3 cm³/mol. The fourth-order valence-electron chi connectivity index (χ4n) is 3.98. The monoisotopic (exact) mass is 314 g/mol. The Hall–Kier alpha value is -1.46. The molecule has 2 fully saturated rings. The Labute approximate surface area is 137 Å². The average Bonchev–Trinajstić information content (AvgIpc) is 3.19. The number of rotatable bonds is 4. The van der Waals surface area contributed by atoms with Gasteiger partial charge in [0.15, 0.2) is 5.65 Å². The van der Waals surface area contributed by atoms with Crippen LogP contribution in [-0.4, -0.2) is 45.7 Å². The fraction of sp³-hybridized carbons (Fsp3) is 0.667. The van der Waals surface area contributed by atoms with Gasteiger partial charge in [0.25, 0.3) is 0 Å². The van der Waals surface area contributed by atoms with E-state index in [1.165, 1.54) is 32.4 Å². The molecule has 0 aromatic carbocycles. The standard InChI is InChI=1S/C18H26N4O/c1-2-21-10-8-14(13-21)12-16-20-15-6-5-9-19-18(15)22(16)17-7-3-4-11-23-17/h5-6,9,14,17H,2-4,7-8,10-13H2,1H3. The second kappa shape index (κ2) is 6.57. The quantitative estimate of drug-likeness (QED) is 0.870. The summed E-state index contributed by atoms with van der Waals surface area (Å²) in [6.45, 7) is 6.67. The van der Waals surface area contributed by atoms with Crippen molar-refractivity contribution in [3.05, 3.63) is 24.2 Å².